The van der Waals surface area contributed by atoms with E-state index >= 15 is 0 Å². The zero-order valence-corrected chi connectivity index (χ0v) is 25.5. The number of benzene rings is 3. The molecule has 0 saturated heterocycles. The van der Waals surface area contributed by atoms with Crippen molar-refractivity contribution in [2.24, 2.45) is 0 Å². The number of rotatable bonds is 14. The van der Waals surface area contributed by atoms with Crippen molar-refractivity contribution in [2.75, 3.05) is 24.5 Å². The fourth-order valence-corrected chi connectivity index (χ4v) is 5.88. The maximum atomic E-state index is 14.1. The van der Waals surface area contributed by atoms with Gasteiger partial charge in [-0.05, 0) is 61.7 Å². The van der Waals surface area contributed by atoms with Crippen LogP contribution >= 0.6 is 11.6 Å². The van der Waals surface area contributed by atoms with Gasteiger partial charge in [0.2, 0.25) is 11.8 Å². The number of carbonyl (C=O) groups is 2. The van der Waals surface area contributed by atoms with Crippen LogP contribution in [0.5, 0.6) is 5.75 Å². The van der Waals surface area contributed by atoms with Gasteiger partial charge in [0.15, 0.2) is 0 Å². The number of nitrogens with one attached hydrogen (secondary N) is 1. The lowest BCUT2D eigenvalue weighted by Gasteiger charge is -2.33. The van der Waals surface area contributed by atoms with E-state index in [1.807, 2.05) is 20.8 Å². The van der Waals surface area contributed by atoms with Crippen molar-refractivity contribution in [3.8, 4) is 5.75 Å². The Hall–Kier alpha value is -3.56. The molecule has 0 aromatic heterocycles. The molecule has 0 bridgehead atoms. The highest BCUT2D eigenvalue weighted by Crippen LogP contribution is 2.28. The number of methoxy groups -OCH3 is 1. The highest BCUT2D eigenvalue weighted by Gasteiger charge is 2.33. The number of sulfonamides is 1. The molecule has 0 fully saturated rings. The normalized spacial score (nSPS) is 11.9. The van der Waals surface area contributed by atoms with Crippen LogP contribution in [0.1, 0.15) is 44.2 Å². The Morgan fingerprint density at radius 1 is 1.00 bits per heavy atom. The second-order valence-electron chi connectivity index (χ2n) is 9.74. The Kier molecular flexibility index (Phi) is 11.6. The van der Waals surface area contributed by atoms with Crippen LogP contribution in [0.2, 0.25) is 5.02 Å². The third-order valence-corrected chi connectivity index (χ3v) is 8.75. The minimum Gasteiger partial charge on any atom is -0.497 e. The molecule has 0 aliphatic carbocycles. The highest BCUT2D eigenvalue weighted by atomic mass is 35.5. The van der Waals surface area contributed by atoms with Crippen LogP contribution in [0, 0.1) is 6.92 Å². The van der Waals surface area contributed by atoms with Crippen molar-refractivity contribution in [3.63, 3.8) is 0 Å². The smallest absolute Gasteiger partial charge is 0.264 e. The predicted molar refractivity (Wildman–Crippen MR) is 163 cm³/mol. The van der Waals surface area contributed by atoms with Gasteiger partial charge in [-0.15, -0.1) is 0 Å². The lowest BCUT2D eigenvalue weighted by molar-refractivity contribution is -0.140. The Labute approximate surface area is 248 Å². The van der Waals surface area contributed by atoms with Gasteiger partial charge in [0.25, 0.3) is 10.0 Å². The van der Waals surface area contributed by atoms with E-state index in [2.05, 4.69) is 5.32 Å². The van der Waals surface area contributed by atoms with Crippen molar-refractivity contribution in [3.05, 3.63) is 88.9 Å². The molecule has 2 amide bonds. The van der Waals surface area contributed by atoms with Crippen LogP contribution < -0.4 is 14.4 Å². The molecule has 10 heteroatoms. The van der Waals surface area contributed by atoms with Crippen LogP contribution in [-0.2, 0) is 26.2 Å². The summed E-state index contributed by atoms with van der Waals surface area (Å²) in [6.45, 7) is 5.80. The molecule has 8 nitrogen and oxygen atoms in total. The summed E-state index contributed by atoms with van der Waals surface area (Å²) in [7, 11) is -2.67. The SMILES string of the molecule is CCCCNC(=O)[C@H](CC)N(Cc1ccc(Cl)cc1)C(=O)CN(c1cccc(OC)c1)S(=O)(=O)c1ccc(C)cc1. The maximum absolute atomic E-state index is 14.1. The van der Waals surface area contributed by atoms with E-state index in [-0.39, 0.29) is 23.0 Å². The van der Waals surface area contributed by atoms with E-state index in [0.29, 0.717) is 23.7 Å². The molecule has 3 aromatic rings. The summed E-state index contributed by atoms with van der Waals surface area (Å²) < 4.78 is 34.3. The van der Waals surface area contributed by atoms with E-state index in [9.17, 15) is 18.0 Å². The number of hydrogen-bond donors (Lipinski definition) is 1. The first-order valence-corrected chi connectivity index (χ1v) is 15.5. The average Bonchev–Trinajstić information content (AvgIpc) is 2.97. The van der Waals surface area contributed by atoms with Crippen molar-refractivity contribution in [2.45, 2.75) is 57.5 Å². The fraction of sp³-hybridized carbons (Fsp3) is 0.355. The van der Waals surface area contributed by atoms with Crippen LogP contribution in [0.25, 0.3) is 0 Å². The van der Waals surface area contributed by atoms with Gasteiger partial charge in [-0.2, -0.15) is 0 Å². The predicted octanol–water partition coefficient (Wildman–Crippen LogP) is 5.58. The molecule has 3 aromatic carbocycles. The van der Waals surface area contributed by atoms with Crippen molar-refractivity contribution < 1.29 is 22.7 Å². The summed E-state index contributed by atoms with van der Waals surface area (Å²) >= 11 is 6.07. The van der Waals surface area contributed by atoms with Crippen molar-refractivity contribution >= 4 is 39.1 Å². The molecule has 0 aliphatic heterocycles. The van der Waals surface area contributed by atoms with E-state index in [0.717, 1.165) is 28.3 Å². The number of amides is 2. The molecule has 0 saturated carbocycles. The Morgan fingerprint density at radius 3 is 2.29 bits per heavy atom. The van der Waals surface area contributed by atoms with Gasteiger partial charge in [-0.25, -0.2) is 8.42 Å². The number of unbranched alkanes of at least 4 members (excludes halogenated alkanes) is 1. The van der Waals surface area contributed by atoms with E-state index in [4.69, 9.17) is 16.3 Å². The van der Waals surface area contributed by atoms with E-state index < -0.39 is 28.5 Å². The Balaban J connectivity index is 2.05. The standard InChI is InChI=1S/C31H38ClN3O5S/c1-5-7-19-33-31(37)29(6-2)34(21-24-13-15-25(32)16-14-24)30(36)22-35(26-9-8-10-27(20-26)40-4)41(38,39)28-17-11-23(3)12-18-28/h8-18,20,29H,5-7,19,21-22H2,1-4H3,(H,33,37)/t29-/m0/s1. The number of ether oxygens (including phenoxy) is 1. The summed E-state index contributed by atoms with van der Waals surface area (Å²) in [5.74, 6) is -0.354. The van der Waals surface area contributed by atoms with Crippen molar-refractivity contribution in [1.82, 2.24) is 10.2 Å². The number of anilines is 1. The van der Waals surface area contributed by atoms with E-state index in [1.165, 1.54) is 24.1 Å². The average molecular weight is 600 g/mol. The first-order chi connectivity index (χ1) is 19.6. The number of halogens is 1. The molecule has 1 atom stereocenters. The quantitative estimate of drug-likeness (QED) is 0.244. The third-order valence-electron chi connectivity index (χ3n) is 6.71. The molecule has 1 N–H and O–H groups in total. The molecule has 41 heavy (non-hydrogen) atoms. The maximum Gasteiger partial charge on any atom is 0.264 e. The van der Waals surface area contributed by atoms with Gasteiger partial charge in [-0.3, -0.25) is 13.9 Å². The summed E-state index contributed by atoms with van der Waals surface area (Å²) in [5.41, 5.74) is 1.93. The number of nitrogens with zero attached hydrogens (tertiary/aromatic N) is 2. The molecule has 0 aliphatic rings. The van der Waals surface area contributed by atoms with Gasteiger partial charge in [0.05, 0.1) is 17.7 Å². The highest BCUT2D eigenvalue weighted by molar-refractivity contribution is 7.92. The van der Waals surface area contributed by atoms with Gasteiger partial charge >= 0.3 is 0 Å². The largest absolute Gasteiger partial charge is 0.497 e. The van der Waals surface area contributed by atoms with Gasteiger partial charge in [-0.1, -0.05) is 67.8 Å². The Bertz CT molecular complexity index is 1410. The summed E-state index contributed by atoms with van der Waals surface area (Å²) in [6.07, 6.45) is 2.07. The van der Waals surface area contributed by atoms with Gasteiger partial charge < -0.3 is 15.0 Å². The molecular formula is C31H38ClN3O5S. The lowest BCUT2D eigenvalue weighted by atomic mass is 10.1. The summed E-state index contributed by atoms with van der Waals surface area (Å²) in [4.78, 5) is 28.9. The number of carbonyl (C=O) groups excluding carboxylic acids is 2. The summed E-state index contributed by atoms with van der Waals surface area (Å²) in [6, 6.07) is 19.2. The summed E-state index contributed by atoms with van der Waals surface area (Å²) in [5, 5.41) is 3.47. The zero-order chi connectivity index (χ0) is 30.0. The lowest BCUT2D eigenvalue weighted by Crippen LogP contribution is -2.52. The molecule has 0 heterocycles. The number of aryl methyl sites for hydroxylation is 1. The molecule has 220 valence electrons. The minimum absolute atomic E-state index is 0.0484. The molecule has 0 unspecified atom stereocenters. The Morgan fingerprint density at radius 2 is 1.68 bits per heavy atom. The van der Waals surface area contributed by atoms with Gasteiger partial charge in [0.1, 0.15) is 18.3 Å². The van der Waals surface area contributed by atoms with Crippen LogP contribution in [0.3, 0.4) is 0 Å². The third kappa shape index (κ3) is 8.47. The monoisotopic (exact) mass is 599 g/mol. The fourth-order valence-electron chi connectivity index (χ4n) is 4.34. The minimum atomic E-state index is -4.16. The molecule has 0 spiro atoms. The second-order valence-corrected chi connectivity index (χ2v) is 12.0. The van der Waals surface area contributed by atoms with Gasteiger partial charge in [0, 0.05) is 24.2 Å². The molecular weight excluding hydrogens is 562 g/mol. The van der Waals surface area contributed by atoms with Crippen molar-refractivity contribution in [1.29, 1.82) is 0 Å². The number of hydrogen-bond acceptors (Lipinski definition) is 5. The van der Waals surface area contributed by atoms with E-state index in [1.54, 1.807) is 60.7 Å². The first kappa shape index (κ1) is 32.0. The molecule has 3 rings (SSSR count). The van der Waals surface area contributed by atoms with Crippen LogP contribution in [0.4, 0.5) is 5.69 Å². The molecule has 0 radical (unpaired) electrons. The topological polar surface area (TPSA) is 96.0 Å². The van der Waals surface area contributed by atoms with Crippen LogP contribution in [-0.4, -0.2) is 51.4 Å². The van der Waals surface area contributed by atoms with Crippen LogP contribution in [0.15, 0.2) is 77.7 Å². The zero-order valence-electron chi connectivity index (χ0n) is 24.0. The first-order valence-electron chi connectivity index (χ1n) is 13.7. The second kappa shape index (κ2) is 14.9.